The van der Waals surface area contributed by atoms with E-state index in [1.54, 1.807) is 6.07 Å². The number of hydrogen-bond acceptors (Lipinski definition) is 5. The molecule has 0 aliphatic carbocycles. The first-order chi connectivity index (χ1) is 9.04. The molecule has 2 rings (SSSR count). The molecule has 0 radical (unpaired) electrons. The smallest absolute Gasteiger partial charge is 0.146 e. The lowest BCUT2D eigenvalue weighted by molar-refractivity contribution is -0.0573. The Morgan fingerprint density at radius 2 is 2.16 bits per heavy atom. The van der Waals surface area contributed by atoms with E-state index in [1.807, 2.05) is 24.9 Å². The van der Waals surface area contributed by atoms with Gasteiger partial charge >= 0.3 is 0 Å². The molecule has 102 valence electrons. The fourth-order valence-corrected chi connectivity index (χ4v) is 2.35. The summed E-state index contributed by atoms with van der Waals surface area (Å²) in [7, 11) is 1.86. The van der Waals surface area contributed by atoms with Gasteiger partial charge in [-0.25, -0.2) is 4.98 Å². The maximum absolute atomic E-state index is 10.5. The van der Waals surface area contributed by atoms with E-state index in [1.165, 1.54) is 0 Å². The van der Waals surface area contributed by atoms with Crippen molar-refractivity contribution in [2.45, 2.75) is 25.4 Å². The molecule has 1 saturated heterocycles. The van der Waals surface area contributed by atoms with E-state index in [9.17, 15) is 5.11 Å². The van der Waals surface area contributed by atoms with Gasteiger partial charge in [0.25, 0.3) is 0 Å². The largest absolute Gasteiger partial charge is 0.388 e. The number of likely N-dealkylation sites (N-methyl/N-ethyl adjacent to an activating group) is 1. The molecule has 1 aromatic rings. The third-order valence-corrected chi connectivity index (χ3v) is 3.45. The van der Waals surface area contributed by atoms with Crippen LogP contribution in [-0.4, -0.2) is 42.5 Å². The van der Waals surface area contributed by atoms with E-state index in [0.29, 0.717) is 44.0 Å². The molecule has 0 spiro atoms. The van der Waals surface area contributed by atoms with Crippen molar-refractivity contribution in [2.24, 2.45) is 0 Å². The number of aromatic nitrogens is 1. The van der Waals surface area contributed by atoms with Crippen LogP contribution in [0.1, 0.15) is 24.1 Å². The Labute approximate surface area is 113 Å². The van der Waals surface area contributed by atoms with Gasteiger partial charge in [-0.05, 0) is 19.1 Å². The van der Waals surface area contributed by atoms with Crippen LogP contribution < -0.4 is 4.90 Å². The van der Waals surface area contributed by atoms with Crippen LogP contribution in [0, 0.1) is 18.3 Å². The van der Waals surface area contributed by atoms with E-state index in [0.717, 1.165) is 5.69 Å². The van der Waals surface area contributed by atoms with Crippen molar-refractivity contribution in [3.8, 4) is 6.07 Å². The lowest BCUT2D eigenvalue weighted by Crippen LogP contribution is -2.46. The number of hydrogen-bond donors (Lipinski definition) is 1. The van der Waals surface area contributed by atoms with Crippen LogP contribution in [-0.2, 0) is 4.74 Å². The number of anilines is 1. The second-order valence-electron chi connectivity index (χ2n) is 5.13. The molecule has 0 amide bonds. The normalized spacial score (nSPS) is 17.8. The predicted molar refractivity (Wildman–Crippen MR) is 72.0 cm³/mol. The molecule has 0 unspecified atom stereocenters. The van der Waals surface area contributed by atoms with Gasteiger partial charge in [0.1, 0.15) is 11.9 Å². The third kappa shape index (κ3) is 3.22. The highest BCUT2D eigenvalue weighted by Gasteiger charge is 2.31. The van der Waals surface area contributed by atoms with Crippen molar-refractivity contribution < 1.29 is 9.84 Å². The standard InChI is InChI=1S/C14H19N3O2/c1-11-3-4-12(9-15)13(16-11)17(2)10-14(18)5-7-19-8-6-14/h3-4,18H,5-8,10H2,1-2H3. The van der Waals surface area contributed by atoms with E-state index in [2.05, 4.69) is 11.1 Å². The van der Waals surface area contributed by atoms with Gasteiger partial charge in [0.05, 0.1) is 11.2 Å². The first-order valence-electron chi connectivity index (χ1n) is 6.43. The quantitative estimate of drug-likeness (QED) is 0.886. The average Bonchev–Trinajstić information content (AvgIpc) is 2.39. The molecule has 19 heavy (non-hydrogen) atoms. The molecule has 5 heteroatoms. The Kier molecular flexibility index (Phi) is 4.03. The second kappa shape index (κ2) is 5.55. The Balaban J connectivity index is 2.17. The highest BCUT2D eigenvalue weighted by molar-refractivity contribution is 5.54. The number of nitriles is 1. The monoisotopic (exact) mass is 261 g/mol. The highest BCUT2D eigenvalue weighted by Crippen LogP contribution is 2.24. The summed E-state index contributed by atoms with van der Waals surface area (Å²) in [5.41, 5.74) is 0.633. The Morgan fingerprint density at radius 3 is 2.79 bits per heavy atom. The van der Waals surface area contributed by atoms with E-state index < -0.39 is 5.60 Å². The molecular weight excluding hydrogens is 242 g/mol. The minimum atomic E-state index is -0.759. The number of pyridine rings is 1. The van der Waals surface area contributed by atoms with Gasteiger partial charge in [-0.2, -0.15) is 5.26 Å². The minimum Gasteiger partial charge on any atom is -0.388 e. The molecule has 1 N–H and O–H groups in total. The van der Waals surface area contributed by atoms with Crippen LogP contribution in [0.15, 0.2) is 12.1 Å². The van der Waals surface area contributed by atoms with Gasteiger partial charge in [-0.1, -0.05) is 0 Å². The summed E-state index contributed by atoms with van der Waals surface area (Å²) < 4.78 is 5.27. The molecule has 0 aromatic carbocycles. The fourth-order valence-electron chi connectivity index (χ4n) is 2.35. The maximum atomic E-state index is 10.5. The van der Waals surface area contributed by atoms with Crippen molar-refractivity contribution >= 4 is 5.82 Å². The van der Waals surface area contributed by atoms with Gasteiger partial charge in [0.15, 0.2) is 0 Å². The van der Waals surface area contributed by atoms with Gasteiger partial charge < -0.3 is 14.7 Å². The summed E-state index contributed by atoms with van der Waals surface area (Å²) in [5, 5.41) is 19.6. The molecule has 1 aliphatic rings. The van der Waals surface area contributed by atoms with Crippen LogP contribution in [0.4, 0.5) is 5.82 Å². The lowest BCUT2D eigenvalue weighted by atomic mass is 9.94. The highest BCUT2D eigenvalue weighted by atomic mass is 16.5. The maximum Gasteiger partial charge on any atom is 0.146 e. The number of nitrogens with zero attached hydrogens (tertiary/aromatic N) is 3. The second-order valence-corrected chi connectivity index (χ2v) is 5.13. The first-order valence-corrected chi connectivity index (χ1v) is 6.43. The van der Waals surface area contributed by atoms with Crippen LogP contribution in [0.3, 0.4) is 0 Å². The van der Waals surface area contributed by atoms with E-state index in [4.69, 9.17) is 10.00 Å². The van der Waals surface area contributed by atoms with Crippen LogP contribution in [0.5, 0.6) is 0 Å². The molecule has 0 atom stereocenters. The summed E-state index contributed by atoms with van der Waals surface area (Å²) >= 11 is 0. The van der Waals surface area contributed by atoms with Crippen LogP contribution in [0.2, 0.25) is 0 Å². The van der Waals surface area contributed by atoms with Crippen LogP contribution >= 0.6 is 0 Å². The molecule has 1 aliphatic heterocycles. The molecule has 0 saturated carbocycles. The van der Waals surface area contributed by atoms with Gasteiger partial charge in [-0.15, -0.1) is 0 Å². The van der Waals surface area contributed by atoms with Crippen molar-refractivity contribution in [2.75, 3.05) is 31.7 Å². The number of aryl methyl sites for hydroxylation is 1. The van der Waals surface area contributed by atoms with E-state index in [-0.39, 0.29) is 0 Å². The number of aliphatic hydroxyl groups is 1. The Morgan fingerprint density at radius 1 is 1.47 bits per heavy atom. The van der Waals surface area contributed by atoms with Gasteiger partial charge in [0.2, 0.25) is 0 Å². The minimum absolute atomic E-state index is 0.460. The topological polar surface area (TPSA) is 69.4 Å². The average molecular weight is 261 g/mol. The van der Waals surface area contributed by atoms with Crippen molar-refractivity contribution in [1.29, 1.82) is 5.26 Å². The summed E-state index contributed by atoms with van der Waals surface area (Å²) in [6.45, 7) is 3.51. The molecular formula is C14H19N3O2. The third-order valence-electron chi connectivity index (χ3n) is 3.45. The van der Waals surface area contributed by atoms with Crippen molar-refractivity contribution in [3.63, 3.8) is 0 Å². The zero-order chi connectivity index (χ0) is 13.9. The molecule has 0 bridgehead atoms. The summed E-state index contributed by atoms with van der Waals surface area (Å²) in [5.74, 6) is 0.627. The summed E-state index contributed by atoms with van der Waals surface area (Å²) in [4.78, 5) is 6.26. The number of ether oxygens (including phenoxy) is 1. The zero-order valence-electron chi connectivity index (χ0n) is 11.4. The molecule has 5 nitrogen and oxygen atoms in total. The Bertz CT molecular complexity index is 490. The van der Waals surface area contributed by atoms with Gasteiger partial charge in [0, 0.05) is 45.3 Å². The SMILES string of the molecule is Cc1ccc(C#N)c(N(C)CC2(O)CCOCC2)n1. The Hall–Kier alpha value is -1.64. The molecule has 1 aromatic heterocycles. The van der Waals surface area contributed by atoms with Crippen molar-refractivity contribution in [1.82, 2.24) is 4.98 Å². The van der Waals surface area contributed by atoms with Crippen LogP contribution in [0.25, 0.3) is 0 Å². The molecule has 2 heterocycles. The zero-order valence-corrected chi connectivity index (χ0v) is 11.4. The molecule has 1 fully saturated rings. The number of rotatable bonds is 3. The predicted octanol–water partition coefficient (Wildman–Crippen LogP) is 1.24. The summed E-state index contributed by atoms with van der Waals surface area (Å²) in [6, 6.07) is 5.73. The first kappa shape index (κ1) is 13.8. The van der Waals surface area contributed by atoms with E-state index >= 15 is 0 Å². The van der Waals surface area contributed by atoms with Crippen molar-refractivity contribution in [3.05, 3.63) is 23.4 Å². The fraction of sp³-hybridized carbons (Fsp3) is 0.571. The lowest BCUT2D eigenvalue weighted by Gasteiger charge is -2.36. The summed E-state index contributed by atoms with van der Waals surface area (Å²) in [6.07, 6.45) is 1.23. The van der Waals surface area contributed by atoms with Gasteiger partial charge in [-0.3, -0.25) is 0 Å².